The Morgan fingerprint density at radius 3 is 1.76 bits per heavy atom. The summed E-state index contributed by atoms with van der Waals surface area (Å²) in [5.74, 6) is -0.967. The van der Waals surface area contributed by atoms with Gasteiger partial charge in [0.1, 0.15) is 0 Å². The van der Waals surface area contributed by atoms with Crippen LogP contribution in [0.25, 0.3) is 0 Å². The van der Waals surface area contributed by atoms with Gasteiger partial charge >= 0.3 is 0 Å². The van der Waals surface area contributed by atoms with Gasteiger partial charge in [-0.1, -0.05) is 6.58 Å². The van der Waals surface area contributed by atoms with E-state index in [4.69, 9.17) is 0 Å². The Balaban J connectivity index is -0.000000282. The highest BCUT2D eigenvalue weighted by Gasteiger charge is 2.27. The van der Waals surface area contributed by atoms with Crippen LogP contribution >= 0.6 is 50.9 Å². The first-order valence-corrected chi connectivity index (χ1v) is 4.39. The average Bonchev–Trinajstić information content (AvgIpc) is 2.16. The van der Waals surface area contributed by atoms with E-state index in [0.29, 0.717) is 5.57 Å². The molecule has 0 aliphatic carbocycles. The van der Waals surface area contributed by atoms with Crippen molar-refractivity contribution in [2.24, 2.45) is 0 Å². The quantitative estimate of drug-likeness (QED) is 0.365. The Kier molecular flexibility index (Phi) is 20.0. The SMILES string of the molecule is Br.Br.Br.C=C(C)C(=O)NC([CH]NC)(NC)NC. The number of amides is 1. The topological polar surface area (TPSA) is 65.2 Å². The van der Waals surface area contributed by atoms with Crippen LogP contribution in [-0.2, 0) is 4.79 Å². The Labute approximate surface area is 135 Å². The van der Waals surface area contributed by atoms with Crippen molar-refractivity contribution in [1.29, 1.82) is 0 Å². The molecule has 1 radical (unpaired) electrons. The van der Waals surface area contributed by atoms with Crippen LogP contribution in [0.1, 0.15) is 6.92 Å². The highest BCUT2D eigenvalue weighted by molar-refractivity contribution is 8.93. The zero-order chi connectivity index (χ0) is 11.2. The van der Waals surface area contributed by atoms with Crippen LogP contribution in [0.15, 0.2) is 12.2 Å². The maximum atomic E-state index is 11.4. The van der Waals surface area contributed by atoms with Gasteiger partial charge in [-0.15, -0.1) is 50.9 Å². The van der Waals surface area contributed by atoms with Crippen molar-refractivity contribution in [3.63, 3.8) is 0 Å². The van der Waals surface area contributed by atoms with Crippen molar-refractivity contribution in [3.05, 3.63) is 18.7 Å². The first-order valence-electron chi connectivity index (χ1n) is 4.39. The molecule has 0 spiro atoms. The van der Waals surface area contributed by atoms with E-state index in [9.17, 15) is 4.79 Å². The molecule has 0 aliphatic heterocycles. The summed E-state index contributed by atoms with van der Waals surface area (Å²) in [6.07, 6.45) is 0. The molecule has 0 rings (SSSR count). The van der Waals surface area contributed by atoms with E-state index >= 15 is 0 Å². The first kappa shape index (κ1) is 26.2. The van der Waals surface area contributed by atoms with Crippen molar-refractivity contribution < 1.29 is 4.79 Å². The Bertz CT molecular complexity index is 222. The number of halogens is 3. The van der Waals surface area contributed by atoms with Gasteiger partial charge in [0.2, 0.25) is 5.91 Å². The van der Waals surface area contributed by atoms with E-state index in [1.807, 2.05) is 0 Å². The van der Waals surface area contributed by atoms with Crippen LogP contribution in [0.3, 0.4) is 0 Å². The number of nitrogens with one attached hydrogen (secondary N) is 4. The monoisotopic (exact) mass is 439 g/mol. The van der Waals surface area contributed by atoms with Crippen LogP contribution in [0.2, 0.25) is 0 Å². The number of carbonyl (C=O) groups excluding carboxylic acids is 1. The van der Waals surface area contributed by atoms with Gasteiger partial charge in [0.15, 0.2) is 5.79 Å². The van der Waals surface area contributed by atoms with Crippen molar-refractivity contribution in [2.45, 2.75) is 12.7 Å². The lowest BCUT2D eigenvalue weighted by Crippen LogP contribution is -2.67. The molecule has 0 unspecified atom stereocenters. The number of carbonyl (C=O) groups is 1. The average molecular weight is 442 g/mol. The smallest absolute Gasteiger partial charge is 0.248 e. The van der Waals surface area contributed by atoms with Crippen LogP contribution < -0.4 is 21.3 Å². The molecule has 0 fully saturated rings. The van der Waals surface area contributed by atoms with E-state index < -0.39 is 5.79 Å². The summed E-state index contributed by atoms with van der Waals surface area (Å²) in [6.45, 7) is 6.93. The molecule has 0 aliphatic rings. The Morgan fingerprint density at radius 2 is 1.53 bits per heavy atom. The third-order valence-corrected chi connectivity index (χ3v) is 1.85. The lowest BCUT2D eigenvalue weighted by atomic mass is 10.2. The lowest BCUT2D eigenvalue weighted by Gasteiger charge is -2.33. The third kappa shape index (κ3) is 9.15. The summed E-state index contributed by atoms with van der Waals surface area (Å²) >= 11 is 0. The summed E-state index contributed by atoms with van der Waals surface area (Å²) in [4.78, 5) is 11.4. The van der Waals surface area contributed by atoms with Crippen LogP contribution in [0, 0.1) is 6.54 Å². The normalized spacial score (nSPS) is 9.18. The predicted octanol–water partition coefficient (Wildman–Crippen LogP) is 0.886. The molecule has 17 heavy (non-hydrogen) atoms. The zero-order valence-corrected chi connectivity index (χ0v) is 15.6. The zero-order valence-electron chi connectivity index (χ0n) is 10.4. The summed E-state index contributed by atoms with van der Waals surface area (Å²) < 4.78 is 0. The number of hydrogen-bond donors (Lipinski definition) is 4. The van der Waals surface area contributed by atoms with Crippen molar-refractivity contribution in [3.8, 4) is 0 Å². The molecule has 0 bridgehead atoms. The largest absolute Gasteiger partial charge is 0.320 e. The summed E-state index contributed by atoms with van der Waals surface area (Å²) in [5.41, 5.74) is 0.462. The van der Waals surface area contributed by atoms with Crippen LogP contribution in [-0.4, -0.2) is 32.8 Å². The third-order valence-electron chi connectivity index (χ3n) is 1.85. The van der Waals surface area contributed by atoms with E-state index in [0.717, 1.165) is 0 Å². The summed E-state index contributed by atoms with van der Waals surface area (Å²) in [6, 6.07) is 0. The van der Waals surface area contributed by atoms with Crippen LogP contribution in [0.4, 0.5) is 0 Å². The number of rotatable bonds is 6. The van der Waals surface area contributed by atoms with Gasteiger partial charge in [-0.2, -0.15) is 0 Å². The maximum absolute atomic E-state index is 11.4. The van der Waals surface area contributed by atoms with Crippen molar-refractivity contribution in [1.82, 2.24) is 21.3 Å². The van der Waals surface area contributed by atoms with Gasteiger partial charge in [0.25, 0.3) is 0 Å². The minimum Gasteiger partial charge on any atom is -0.320 e. The molecule has 0 saturated carbocycles. The van der Waals surface area contributed by atoms with Crippen LogP contribution in [0.5, 0.6) is 0 Å². The van der Waals surface area contributed by atoms with Gasteiger partial charge in [-0.05, 0) is 28.1 Å². The van der Waals surface area contributed by atoms with E-state index in [2.05, 4.69) is 27.8 Å². The molecule has 0 heterocycles. The van der Waals surface area contributed by atoms with Gasteiger partial charge in [-0.25, -0.2) is 0 Å². The highest BCUT2D eigenvalue weighted by atomic mass is 79.9. The molecule has 0 aromatic carbocycles. The molecule has 0 aromatic rings. The van der Waals surface area contributed by atoms with E-state index in [1.54, 1.807) is 34.6 Å². The second-order valence-corrected chi connectivity index (χ2v) is 2.98. The molecule has 8 heteroatoms. The Hall–Kier alpha value is 0.530. The van der Waals surface area contributed by atoms with Crippen molar-refractivity contribution in [2.75, 3.05) is 21.1 Å². The molecule has 5 nitrogen and oxygen atoms in total. The number of likely N-dealkylation sites (N-methyl/N-ethyl adjacent to an activating group) is 3. The van der Waals surface area contributed by atoms with E-state index in [1.165, 1.54) is 0 Å². The standard InChI is InChI=1S/C9H19N4O.3BrH/c1-7(2)8(14)13-9(11-4,12-5)6-10-3;;;/h6,10-12H,1H2,2-5H3,(H,13,14);3*1H. The fourth-order valence-corrected chi connectivity index (χ4v) is 0.933. The minimum absolute atomic E-state index is 0. The number of hydrogen-bond acceptors (Lipinski definition) is 4. The lowest BCUT2D eigenvalue weighted by molar-refractivity contribution is -0.119. The summed E-state index contributed by atoms with van der Waals surface area (Å²) in [7, 11) is 5.24. The molecule has 1 amide bonds. The molecular weight excluding hydrogens is 420 g/mol. The predicted molar refractivity (Wildman–Crippen MR) is 88.1 cm³/mol. The minimum atomic E-state index is -0.759. The molecule has 0 aromatic heterocycles. The maximum Gasteiger partial charge on any atom is 0.248 e. The highest BCUT2D eigenvalue weighted by Crippen LogP contribution is 1.98. The molecule has 0 saturated heterocycles. The molecule has 105 valence electrons. The van der Waals surface area contributed by atoms with Gasteiger partial charge in [-0.3, -0.25) is 15.4 Å². The first-order chi connectivity index (χ1) is 6.51. The van der Waals surface area contributed by atoms with Gasteiger partial charge in [0.05, 0.1) is 6.54 Å². The second-order valence-electron chi connectivity index (χ2n) is 2.98. The van der Waals surface area contributed by atoms with E-state index in [-0.39, 0.29) is 56.9 Å². The fraction of sp³-hybridized carbons (Fsp3) is 0.556. The Morgan fingerprint density at radius 1 is 1.12 bits per heavy atom. The molecule has 4 N–H and O–H groups in total. The van der Waals surface area contributed by atoms with Crippen molar-refractivity contribution >= 4 is 56.9 Å². The van der Waals surface area contributed by atoms with Gasteiger partial charge < -0.3 is 10.6 Å². The molecular formula is C9H22Br3N4O. The molecule has 0 atom stereocenters. The fourth-order valence-electron chi connectivity index (χ4n) is 0.933. The van der Waals surface area contributed by atoms with Gasteiger partial charge in [0, 0.05) is 5.57 Å². The second kappa shape index (κ2) is 13.0. The summed E-state index contributed by atoms with van der Waals surface area (Å²) in [5, 5.41) is 11.5.